The Hall–Kier alpha value is -2.04. The molecule has 0 spiro atoms. The minimum atomic E-state index is -1.01. The number of hydrogen-bond acceptors (Lipinski definition) is 4. The van der Waals surface area contributed by atoms with Gasteiger partial charge in [0.15, 0.2) is 0 Å². The average molecular weight is 223 g/mol. The highest BCUT2D eigenvalue weighted by Gasteiger charge is 2.12. The Morgan fingerprint density at radius 3 is 2.75 bits per heavy atom. The van der Waals surface area contributed by atoms with E-state index in [0.29, 0.717) is 5.69 Å². The predicted octanol–water partition coefficient (Wildman–Crippen LogP) is 1.21. The second-order valence-corrected chi connectivity index (χ2v) is 3.32. The van der Waals surface area contributed by atoms with Gasteiger partial charge in [0.05, 0.1) is 12.0 Å². The van der Waals surface area contributed by atoms with Crippen LogP contribution in [0.1, 0.15) is 22.3 Å². The van der Waals surface area contributed by atoms with Crippen LogP contribution in [0.3, 0.4) is 0 Å². The summed E-state index contributed by atoms with van der Waals surface area (Å²) >= 11 is 0. The van der Waals surface area contributed by atoms with Gasteiger partial charge in [-0.2, -0.15) is 0 Å². The fourth-order valence-corrected chi connectivity index (χ4v) is 1.17. The molecular weight excluding hydrogens is 210 g/mol. The molecule has 1 aromatic carbocycles. The summed E-state index contributed by atoms with van der Waals surface area (Å²) in [4.78, 5) is 21.7. The highest BCUT2D eigenvalue weighted by molar-refractivity contribution is 5.95. The van der Waals surface area contributed by atoms with Gasteiger partial charge in [0, 0.05) is 5.69 Å². The first kappa shape index (κ1) is 12.0. The molecule has 1 aromatic rings. The number of carbonyl (C=O) groups is 2. The van der Waals surface area contributed by atoms with Crippen LogP contribution < -0.4 is 5.73 Å². The largest absolute Gasteiger partial charge is 0.481 e. The summed E-state index contributed by atoms with van der Waals surface area (Å²) in [5.74, 6) is -1.60. The smallest absolute Gasteiger partial charge is 0.340 e. The van der Waals surface area contributed by atoms with Crippen LogP contribution in [-0.4, -0.2) is 23.7 Å². The lowest BCUT2D eigenvalue weighted by Gasteiger charge is -2.07. The van der Waals surface area contributed by atoms with Gasteiger partial charge < -0.3 is 15.6 Å². The molecule has 5 heteroatoms. The number of anilines is 1. The van der Waals surface area contributed by atoms with Gasteiger partial charge in [0.2, 0.25) is 0 Å². The van der Waals surface area contributed by atoms with E-state index in [2.05, 4.69) is 0 Å². The average Bonchev–Trinajstić information content (AvgIpc) is 2.21. The molecule has 0 radical (unpaired) electrons. The zero-order valence-corrected chi connectivity index (χ0v) is 8.90. The maximum Gasteiger partial charge on any atom is 0.340 e. The summed E-state index contributed by atoms with van der Waals surface area (Å²) in [5.41, 5.74) is 7.12. The number of aliphatic carboxylic acids is 1. The van der Waals surface area contributed by atoms with E-state index < -0.39 is 11.9 Å². The number of aryl methyl sites for hydroxylation is 1. The van der Waals surface area contributed by atoms with Crippen molar-refractivity contribution in [3.63, 3.8) is 0 Å². The SMILES string of the molecule is Cc1cccc(C(=O)OCCC(=O)O)c1N. The van der Waals surface area contributed by atoms with E-state index >= 15 is 0 Å². The second kappa shape index (κ2) is 5.16. The molecule has 0 amide bonds. The predicted molar refractivity (Wildman–Crippen MR) is 58.1 cm³/mol. The zero-order valence-electron chi connectivity index (χ0n) is 8.90. The lowest BCUT2D eigenvalue weighted by molar-refractivity contribution is -0.137. The summed E-state index contributed by atoms with van der Waals surface area (Å²) in [6.45, 7) is 1.63. The second-order valence-electron chi connectivity index (χ2n) is 3.32. The first-order valence-electron chi connectivity index (χ1n) is 4.76. The number of ether oxygens (including phenoxy) is 1. The van der Waals surface area contributed by atoms with Crippen molar-refractivity contribution in [2.24, 2.45) is 0 Å². The zero-order chi connectivity index (χ0) is 12.1. The van der Waals surface area contributed by atoms with Gasteiger partial charge in [-0.05, 0) is 18.6 Å². The molecule has 0 saturated carbocycles. The third-order valence-corrected chi connectivity index (χ3v) is 2.09. The molecule has 3 N–H and O–H groups in total. The Kier molecular flexibility index (Phi) is 3.88. The Bertz CT molecular complexity index is 414. The van der Waals surface area contributed by atoms with Crippen LogP contribution in [0.15, 0.2) is 18.2 Å². The van der Waals surface area contributed by atoms with Crippen molar-refractivity contribution >= 4 is 17.6 Å². The monoisotopic (exact) mass is 223 g/mol. The van der Waals surface area contributed by atoms with Gasteiger partial charge in [0.1, 0.15) is 6.61 Å². The Morgan fingerprint density at radius 2 is 2.12 bits per heavy atom. The van der Waals surface area contributed by atoms with Crippen molar-refractivity contribution in [1.82, 2.24) is 0 Å². The minimum absolute atomic E-state index is 0.151. The Labute approximate surface area is 92.8 Å². The molecule has 0 saturated heterocycles. The third-order valence-electron chi connectivity index (χ3n) is 2.09. The number of carboxylic acid groups (broad SMARTS) is 1. The molecule has 0 aliphatic heterocycles. The summed E-state index contributed by atoms with van der Waals surface area (Å²) in [5, 5.41) is 8.38. The molecule has 86 valence electrons. The van der Waals surface area contributed by atoms with E-state index in [0.717, 1.165) is 5.56 Å². The van der Waals surface area contributed by atoms with Crippen LogP contribution in [0.25, 0.3) is 0 Å². The van der Waals surface area contributed by atoms with Gasteiger partial charge in [-0.3, -0.25) is 4.79 Å². The van der Waals surface area contributed by atoms with Crippen molar-refractivity contribution < 1.29 is 19.4 Å². The molecular formula is C11H13NO4. The van der Waals surface area contributed by atoms with Crippen LogP contribution in [0.4, 0.5) is 5.69 Å². The molecule has 1 rings (SSSR count). The van der Waals surface area contributed by atoms with Gasteiger partial charge in [-0.15, -0.1) is 0 Å². The number of rotatable bonds is 4. The maximum atomic E-state index is 11.5. The van der Waals surface area contributed by atoms with Gasteiger partial charge >= 0.3 is 11.9 Å². The fourth-order valence-electron chi connectivity index (χ4n) is 1.17. The minimum Gasteiger partial charge on any atom is -0.481 e. The molecule has 0 unspecified atom stereocenters. The molecule has 0 aromatic heterocycles. The number of hydrogen-bond donors (Lipinski definition) is 2. The normalized spacial score (nSPS) is 9.81. The highest BCUT2D eigenvalue weighted by atomic mass is 16.5. The summed E-state index contributed by atoms with van der Waals surface area (Å²) in [6, 6.07) is 5.02. The number of carboxylic acids is 1. The molecule has 0 atom stereocenters. The Morgan fingerprint density at radius 1 is 1.44 bits per heavy atom. The van der Waals surface area contributed by atoms with Crippen LogP contribution in [0.5, 0.6) is 0 Å². The summed E-state index contributed by atoms with van der Waals surface area (Å²) in [6.07, 6.45) is -0.211. The third kappa shape index (κ3) is 2.98. The van der Waals surface area contributed by atoms with E-state index in [1.165, 1.54) is 0 Å². The van der Waals surface area contributed by atoms with E-state index in [1.54, 1.807) is 25.1 Å². The lowest BCUT2D eigenvalue weighted by atomic mass is 10.1. The van der Waals surface area contributed by atoms with E-state index in [-0.39, 0.29) is 18.6 Å². The summed E-state index contributed by atoms with van der Waals surface area (Å²) < 4.78 is 4.77. The maximum absolute atomic E-state index is 11.5. The topological polar surface area (TPSA) is 89.6 Å². The summed E-state index contributed by atoms with van der Waals surface area (Å²) in [7, 11) is 0. The number of benzene rings is 1. The number of nitrogen functional groups attached to an aromatic ring is 1. The number of esters is 1. The number of carbonyl (C=O) groups excluding carboxylic acids is 1. The van der Waals surface area contributed by atoms with Gasteiger partial charge in [-0.1, -0.05) is 12.1 Å². The molecule has 0 heterocycles. The van der Waals surface area contributed by atoms with Crippen molar-refractivity contribution in [2.45, 2.75) is 13.3 Å². The van der Waals surface area contributed by atoms with Gasteiger partial charge in [0.25, 0.3) is 0 Å². The molecule has 0 aliphatic carbocycles. The standard InChI is InChI=1S/C11H13NO4/c1-7-3-2-4-8(10(7)12)11(15)16-6-5-9(13)14/h2-4H,5-6,12H2,1H3,(H,13,14). The van der Waals surface area contributed by atoms with Crippen LogP contribution in [0, 0.1) is 6.92 Å². The molecule has 5 nitrogen and oxygen atoms in total. The van der Waals surface area contributed by atoms with Crippen LogP contribution in [0.2, 0.25) is 0 Å². The van der Waals surface area contributed by atoms with E-state index in [1.807, 2.05) is 0 Å². The van der Waals surface area contributed by atoms with Crippen LogP contribution in [-0.2, 0) is 9.53 Å². The van der Waals surface area contributed by atoms with Crippen LogP contribution >= 0.6 is 0 Å². The Balaban J connectivity index is 2.66. The van der Waals surface area contributed by atoms with Gasteiger partial charge in [-0.25, -0.2) is 4.79 Å². The van der Waals surface area contributed by atoms with Crippen molar-refractivity contribution in [1.29, 1.82) is 0 Å². The fraction of sp³-hybridized carbons (Fsp3) is 0.273. The lowest BCUT2D eigenvalue weighted by Crippen LogP contribution is -2.12. The van der Waals surface area contributed by atoms with E-state index in [9.17, 15) is 9.59 Å². The van der Waals surface area contributed by atoms with Crippen molar-refractivity contribution in [3.8, 4) is 0 Å². The van der Waals surface area contributed by atoms with Crippen molar-refractivity contribution in [3.05, 3.63) is 29.3 Å². The number of nitrogens with two attached hydrogens (primary N) is 1. The molecule has 0 bridgehead atoms. The van der Waals surface area contributed by atoms with Crippen molar-refractivity contribution in [2.75, 3.05) is 12.3 Å². The quantitative estimate of drug-likeness (QED) is 0.591. The van der Waals surface area contributed by atoms with E-state index in [4.69, 9.17) is 15.6 Å². The molecule has 0 aliphatic rings. The first-order valence-corrected chi connectivity index (χ1v) is 4.76. The molecule has 0 fully saturated rings. The number of para-hydroxylation sites is 1. The highest BCUT2D eigenvalue weighted by Crippen LogP contribution is 2.17. The molecule has 16 heavy (non-hydrogen) atoms. The first-order chi connectivity index (χ1) is 7.52.